The summed E-state index contributed by atoms with van der Waals surface area (Å²) in [5, 5.41) is 0. The van der Waals surface area contributed by atoms with Crippen molar-refractivity contribution in [2.75, 3.05) is 6.67 Å². The normalized spacial score (nSPS) is 11.4. The maximum absolute atomic E-state index is 12.1. The number of rotatable bonds is 5. The van der Waals surface area contributed by atoms with Gasteiger partial charge in [0, 0.05) is 12.3 Å². The molecule has 0 N–H and O–H groups in total. The standard InChI is InChI=1S/C13H17FO.C3H8/c1-10(11(2)15)9-13-5-3-12(4-6-13)7-8-14;1-3-2/h3-6,10H,7-9H2,1-2H3;3H2,1-2H3. The van der Waals surface area contributed by atoms with Crippen LogP contribution in [0.15, 0.2) is 24.3 Å². The van der Waals surface area contributed by atoms with E-state index < -0.39 is 0 Å². The molecule has 0 fully saturated rings. The zero-order valence-corrected chi connectivity index (χ0v) is 12.0. The Bertz CT molecular complexity index is 329. The van der Waals surface area contributed by atoms with E-state index in [-0.39, 0.29) is 18.4 Å². The smallest absolute Gasteiger partial charge is 0.132 e. The van der Waals surface area contributed by atoms with Crippen LogP contribution in [0, 0.1) is 5.92 Å². The summed E-state index contributed by atoms with van der Waals surface area (Å²) in [6.45, 7) is 7.48. The number of aryl methyl sites for hydroxylation is 1. The zero-order valence-electron chi connectivity index (χ0n) is 12.0. The second-order valence-corrected chi connectivity index (χ2v) is 4.68. The predicted molar refractivity (Wildman–Crippen MR) is 75.6 cm³/mol. The molecule has 1 unspecified atom stereocenters. The Morgan fingerprint density at radius 1 is 1.17 bits per heavy atom. The number of carbonyl (C=O) groups is 1. The SMILES string of the molecule is CC(=O)C(C)Cc1ccc(CCF)cc1.CCC. The molecule has 102 valence electrons. The van der Waals surface area contributed by atoms with Gasteiger partial charge in [0.1, 0.15) is 5.78 Å². The fraction of sp³-hybridized carbons (Fsp3) is 0.562. The molecule has 1 atom stereocenters. The van der Waals surface area contributed by atoms with Crippen molar-refractivity contribution in [1.82, 2.24) is 0 Å². The van der Waals surface area contributed by atoms with Crippen molar-refractivity contribution in [3.8, 4) is 0 Å². The van der Waals surface area contributed by atoms with Crippen LogP contribution in [0.4, 0.5) is 4.39 Å². The first-order chi connectivity index (χ1) is 8.54. The molecule has 1 rings (SSSR count). The maximum Gasteiger partial charge on any atom is 0.132 e. The first-order valence-corrected chi connectivity index (χ1v) is 6.69. The number of carbonyl (C=O) groups excluding carboxylic acids is 1. The number of hydrogen-bond acceptors (Lipinski definition) is 1. The van der Waals surface area contributed by atoms with Crippen molar-refractivity contribution in [3.63, 3.8) is 0 Å². The largest absolute Gasteiger partial charge is 0.300 e. The summed E-state index contributed by atoms with van der Waals surface area (Å²) < 4.78 is 12.1. The Balaban J connectivity index is 0.000000873. The van der Waals surface area contributed by atoms with Gasteiger partial charge in [0.15, 0.2) is 0 Å². The van der Waals surface area contributed by atoms with Crippen molar-refractivity contribution in [3.05, 3.63) is 35.4 Å². The van der Waals surface area contributed by atoms with E-state index in [1.807, 2.05) is 31.2 Å². The van der Waals surface area contributed by atoms with E-state index in [0.717, 1.165) is 17.5 Å². The molecule has 0 amide bonds. The predicted octanol–water partition coefficient (Wildman–Crippen LogP) is 4.38. The fourth-order valence-corrected chi connectivity index (χ4v) is 1.45. The van der Waals surface area contributed by atoms with Crippen molar-refractivity contribution < 1.29 is 9.18 Å². The third-order valence-electron chi connectivity index (χ3n) is 2.64. The molecule has 0 saturated heterocycles. The van der Waals surface area contributed by atoms with Crippen molar-refractivity contribution in [2.45, 2.75) is 47.0 Å². The second-order valence-electron chi connectivity index (χ2n) is 4.68. The van der Waals surface area contributed by atoms with Crippen molar-refractivity contribution in [1.29, 1.82) is 0 Å². The van der Waals surface area contributed by atoms with Crippen molar-refractivity contribution in [2.24, 2.45) is 5.92 Å². The van der Waals surface area contributed by atoms with Gasteiger partial charge in [0.05, 0.1) is 6.67 Å². The Hall–Kier alpha value is -1.18. The molecule has 1 aromatic carbocycles. The summed E-state index contributed by atoms with van der Waals surface area (Å²) >= 11 is 0. The van der Waals surface area contributed by atoms with E-state index in [1.165, 1.54) is 6.42 Å². The molecule has 0 aliphatic heterocycles. The van der Waals surface area contributed by atoms with Crippen LogP contribution in [0.5, 0.6) is 0 Å². The summed E-state index contributed by atoms with van der Waals surface area (Å²) in [6.07, 6.45) is 2.49. The topological polar surface area (TPSA) is 17.1 Å². The Morgan fingerprint density at radius 2 is 1.61 bits per heavy atom. The molecule has 1 nitrogen and oxygen atoms in total. The molecule has 0 aliphatic rings. The lowest BCUT2D eigenvalue weighted by atomic mass is 9.97. The third-order valence-corrected chi connectivity index (χ3v) is 2.64. The van der Waals surface area contributed by atoms with E-state index in [4.69, 9.17) is 0 Å². The van der Waals surface area contributed by atoms with Crippen LogP contribution in [-0.4, -0.2) is 12.5 Å². The minimum Gasteiger partial charge on any atom is -0.300 e. The number of Topliss-reactive ketones (excluding diaryl/α,β-unsaturated/α-hetero) is 1. The first kappa shape index (κ1) is 16.8. The van der Waals surface area contributed by atoms with Crippen LogP contribution in [-0.2, 0) is 17.6 Å². The van der Waals surface area contributed by atoms with E-state index in [9.17, 15) is 9.18 Å². The molecule has 0 bridgehead atoms. The minimum absolute atomic E-state index is 0.0667. The fourth-order valence-electron chi connectivity index (χ4n) is 1.45. The average molecular weight is 252 g/mol. The minimum atomic E-state index is -0.316. The van der Waals surface area contributed by atoms with Gasteiger partial charge in [0.2, 0.25) is 0 Å². The van der Waals surface area contributed by atoms with Gasteiger partial charge in [-0.25, -0.2) is 0 Å². The Kier molecular flexibility index (Phi) is 9.17. The third kappa shape index (κ3) is 7.21. The van der Waals surface area contributed by atoms with Crippen LogP contribution in [0.2, 0.25) is 0 Å². The molecule has 0 saturated carbocycles. The monoisotopic (exact) mass is 252 g/mol. The Morgan fingerprint density at radius 3 is 2.00 bits per heavy atom. The van der Waals surface area contributed by atoms with E-state index in [0.29, 0.717) is 6.42 Å². The maximum atomic E-state index is 12.1. The van der Waals surface area contributed by atoms with Crippen LogP contribution in [0.25, 0.3) is 0 Å². The molecular weight excluding hydrogens is 227 g/mol. The highest BCUT2D eigenvalue weighted by atomic mass is 19.1. The first-order valence-electron chi connectivity index (χ1n) is 6.69. The average Bonchev–Trinajstić information content (AvgIpc) is 2.33. The lowest BCUT2D eigenvalue weighted by Gasteiger charge is -2.07. The van der Waals surface area contributed by atoms with Gasteiger partial charge in [-0.2, -0.15) is 0 Å². The molecule has 1 aromatic rings. The Labute approximate surface area is 110 Å². The molecule has 0 spiro atoms. The summed E-state index contributed by atoms with van der Waals surface area (Å²) in [7, 11) is 0. The highest BCUT2D eigenvalue weighted by Gasteiger charge is 2.08. The van der Waals surface area contributed by atoms with Gasteiger partial charge in [0.25, 0.3) is 0 Å². The van der Waals surface area contributed by atoms with Crippen LogP contribution >= 0.6 is 0 Å². The van der Waals surface area contributed by atoms with Crippen LogP contribution < -0.4 is 0 Å². The summed E-state index contributed by atoms with van der Waals surface area (Å²) in [5.74, 6) is 0.278. The van der Waals surface area contributed by atoms with E-state index in [2.05, 4.69) is 13.8 Å². The number of ketones is 1. The summed E-state index contributed by atoms with van der Waals surface area (Å²) in [4.78, 5) is 11.1. The summed E-state index contributed by atoms with van der Waals surface area (Å²) in [5.41, 5.74) is 2.15. The zero-order chi connectivity index (χ0) is 14.0. The molecule has 0 aromatic heterocycles. The van der Waals surface area contributed by atoms with Gasteiger partial charge in [-0.05, 0) is 24.5 Å². The summed E-state index contributed by atoms with van der Waals surface area (Å²) in [6, 6.07) is 7.82. The lowest BCUT2D eigenvalue weighted by Crippen LogP contribution is -2.09. The number of alkyl halides is 1. The van der Waals surface area contributed by atoms with Crippen LogP contribution in [0.3, 0.4) is 0 Å². The molecular formula is C16H25FO. The van der Waals surface area contributed by atoms with Gasteiger partial charge in [-0.15, -0.1) is 0 Å². The van der Waals surface area contributed by atoms with E-state index in [1.54, 1.807) is 6.92 Å². The highest BCUT2D eigenvalue weighted by Crippen LogP contribution is 2.11. The highest BCUT2D eigenvalue weighted by molar-refractivity contribution is 5.78. The van der Waals surface area contributed by atoms with Crippen molar-refractivity contribution >= 4 is 5.78 Å². The molecule has 18 heavy (non-hydrogen) atoms. The second kappa shape index (κ2) is 9.81. The quantitative estimate of drug-likeness (QED) is 0.760. The molecule has 0 aliphatic carbocycles. The van der Waals surface area contributed by atoms with Gasteiger partial charge >= 0.3 is 0 Å². The molecule has 2 heteroatoms. The van der Waals surface area contributed by atoms with Gasteiger partial charge in [-0.3, -0.25) is 9.18 Å². The van der Waals surface area contributed by atoms with Crippen LogP contribution in [0.1, 0.15) is 45.2 Å². The van der Waals surface area contributed by atoms with E-state index >= 15 is 0 Å². The van der Waals surface area contributed by atoms with Gasteiger partial charge < -0.3 is 0 Å². The molecule has 0 heterocycles. The van der Waals surface area contributed by atoms with Gasteiger partial charge in [-0.1, -0.05) is 51.5 Å². The number of benzene rings is 1. The number of hydrogen-bond donors (Lipinski definition) is 0. The lowest BCUT2D eigenvalue weighted by molar-refractivity contribution is -0.120. The number of halogens is 1. The molecule has 0 radical (unpaired) electrons.